The van der Waals surface area contributed by atoms with Crippen molar-refractivity contribution in [1.29, 1.82) is 0 Å². The van der Waals surface area contributed by atoms with Crippen molar-refractivity contribution in [3.8, 4) is 0 Å². The molecule has 0 aromatic heterocycles. The Balaban J connectivity index is 1.99. The van der Waals surface area contributed by atoms with Crippen molar-refractivity contribution in [2.24, 2.45) is 0 Å². The molecule has 1 saturated heterocycles. The molecule has 1 aliphatic carbocycles. The summed E-state index contributed by atoms with van der Waals surface area (Å²) in [6, 6.07) is 0.0941. The van der Waals surface area contributed by atoms with Crippen LogP contribution in [0, 0.1) is 0 Å². The number of amides is 2. The molecule has 2 aliphatic rings. The second-order valence-corrected chi connectivity index (χ2v) is 8.25. The molecule has 2 amide bonds. The van der Waals surface area contributed by atoms with Crippen LogP contribution in [-0.2, 0) is 9.53 Å². The second kappa shape index (κ2) is 6.55. The lowest BCUT2D eigenvalue weighted by Crippen LogP contribution is -2.54. The Hall–Kier alpha value is -0.780. The van der Waals surface area contributed by atoms with Gasteiger partial charge in [0.2, 0.25) is 5.91 Å². The fourth-order valence-corrected chi connectivity index (χ4v) is 3.71. The van der Waals surface area contributed by atoms with Crippen molar-refractivity contribution < 1.29 is 14.3 Å². The van der Waals surface area contributed by atoms with Crippen molar-refractivity contribution in [3.63, 3.8) is 0 Å². The molecule has 0 aromatic carbocycles. The van der Waals surface area contributed by atoms with E-state index in [4.69, 9.17) is 4.74 Å². The van der Waals surface area contributed by atoms with Crippen molar-refractivity contribution in [3.05, 3.63) is 0 Å². The maximum Gasteiger partial charge on any atom is 0.407 e. The lowest BCUT2D eigenvalue weighted by molar-refractivity contribution is -0.130. The highest BCUT2D eigenvalue weighted by Gasteiger charge is 2.39. The molecule has 2 rings (SSSR count). The van der Waals surface area contributed by atoms with E-state index in [1.807, 2.05) is 25.7 Å². The standard InChI is InChI=1S/C15H25BrN2O3/c1-15(2,3)21-14(20)17-11-6-4-5-7-12(11)18-9-10(16)8-13(18)19/h10-12H,4-9H2,1-3H3,(H,17,20). The number of hydrogen-bond acceptors (Lipinski definition) is 3. The van der Waals surface area contributed by atoms with Crippen LogP contribution in [0.3, 0.4) is 0 Å². The van der Waals surface area contributed by atoms with E-state index in [0.717, 1.165) is 32.2 Å². The van der Waals surface area contributed by atoms with Gasteiger partial charge in [0.15, 0.2) is 0 Å². The highest BCUT2D eigenvalue weighted by molar-refractivity contribution is 9.09. The fourth-order valence-electron chi connectivity index (χ4n) is 3.12. The topological polar surface area (TPSA) is 58.6 Å². The van der Waals surface area contributed by atoms with E-state index in [-0.39, 0.29) is 28.9 Å². The summed E-state index contributed by atoms with van der Waals surface area (Å²) in [4.78, 5) is 26.2. The zero-order valence-corrected chi connectivity index (χ0v) is 14.6. The van der Waals surface area contributed by atoms with Crippen LogP contribution >= 0.6 is 15.9 Å². The molecule has 1 heterocycles. The van der Waals surface area contributed by atoms with Crippen LogP contribution in [0.1, 0.15) is 52.9 Å². The number of nitrogens with one attached hydrogen (secondary N) is 1. The van der Waals surface area contributed by atoms with E-state index in [1.165, 1.54) is 0 Å². The van der Waals surface area contributed by atoms with Gasteiger partial charge in [-0.25, -0.2) is 4.79 Å². The van der Waals surface area contributed by atoms with Crippen LogP contribution < -0.4 is 5.32 Å². The third-order valence-corrected chi connectivity index (χ3v) is 4.56. The number of ether oxygens (including phenoxy) is 1. The van der Waals surface area contributed by atoms with Gasteiger partial charge in [0.25, 0.3) is 0 Å². The number of carbonyl (C=O) groups is 2. The first-order valence-electron chi connectivity index (χ1n) is 7.69. The zero-order chi connectivity index (χ0) is 15.6. The lowest BCUT2D eigenvalue weighted by atomic mass is 9.89. The predicted octanol–water partition coefficient (Wildman–Crippen LogP) is 2.82. The SMILES string of the molecule is CC(C)(C)OC(=O)NC1CCCCC1N1CC(Br)CC1=O. The van der Waals surface area contributed by atoms with Gasteiger partial charge in [0, 0.05) is 17.8 Å². The van der Waals surface area contributed by atoms with E-state index in [9.17, 15) is 9.59 Å². The average molecular weight is 361 g/mol. The molecule has 3 unspecified atom stereocenters. The van der Waals surface area contributed by atoms with Gasteiger partial charge in [-0.15, -0.1) is 0 Å². The highest BCUT2D eigenvalue weighted by Crippen LogP contribution is 2.29. The average Bonchev–Trinajstić information content (AvgIpc) is 2.66. The Morgan fingerprint density at radius 2 is 2.00 bits per heavy atom. The van der Waals surface area contributed by atoms with Gasteiger partial charge in [-0.3, -0.25) is 4.79 Å². The quantitative estimate of drug-likeness (QED) is 0.770. The monoisotopic (exact) mass is 360 g/mol. The summed E-state index contributed by atoms with van der Waals surface area (Å²) >= 11 is 3.52. The van der Waals surface area contributed by atoms with E-state index < -0.39 is 5.60 Å². The molecular formula is C15H25BrN2O3. The first-order chi connectivity index (χ1) is 9.76. The minimum Gasteiger partial charge on any atom is -0.444 e. The van der Waals surface area contributed by atoms with Crippen molar-refractivity contribution in [2.45, 2.75) is 75.4 Å². The molecule has 1 saturated carbocycles. The van der Waals surface area contributed by atoms with Crippen molar-refractivity contribution >= 4 is 27.9 Å². The molecule has 0 spiro atoms. The summed E-state index contributed by atoms with van der Waals surface area (Å²) in [5.74, 6) is 0.180. The van der Waals surface area contributed by atoms with Crippen LogP contribution in [0.15, 0.2) is 0 Å². The van der Waals surface area contributed by atoms with Gasteiger partial charge in [-0.05, 0) is 33.6 Å². The predicted molar refractivity (Wildman–Crippen MR) is 84.5 cm³/mol. The van der Waals surface area contributed by atoms with E-state index in [1.54, 1.807) is 0 Å². The zero-order valence-electron chi connectivity index (χ0n) is 13.0. The number of hydrogen-bond donors (Lipinski definition) is 1. The van der Waals surface area contributed by atoms with Crippen LogP contribution in [0.2, 0.25) is 0 Å². The maximum absolute atomic E-state index is 12.1. The van der Waals surface area contributed by atoms with Gasteiger partial charge in [-0.1, -0.05) is 28.8 Å². The normalized spacial score (nSPS) is 30.4. The molecule has 3 atom stereocenters. The minimum atomic E-state index is -0.501. The molecule has 120 valence electrons. The second-order valence-electron chi connectivity index (χ2n) is 6.95. The lowest BCUT2D eigenvalue weighted by Gasteiger charge is -2.38. The molecular weight excluding hydrogens is 336 g/mol. The highest BCUT2D eigenvalue weighted by atomic mass is 79.9. The van der Waals surface area contributed by atoms with Gasteiger partial charge < -0.3 is 15.0 Å². The van der Waals surface area contributed by atoms with Crippen LogP contribution in [-0.4, -0.2) is 46.0 Å². The number of halogens is 1. The Morgan fingerprint density at radius 3 is 2.57 bits per heavy atom. The molecule has 1 aliphatic heterocycles. The molecule has 0 radical (unpaired) electrons. The van der Waals surface area contributed by atoms with Gasteiger partial charge in [0.05, 0.1) is 12.1 Å². The minimum absolute atomic E-state index is 0.00431. The van der Waals surface area contributed by atoms with E-state index >= 15 is 0 Å². The first-order valence-corrected chi connectivity index (χ1v) is 8.61. The smallest absolute Gasteiger partial charge is 0.407 e. The van der Waals surface area contributed by atoms with E-state index in [2.05, 4.69) is 21.2 Å². The maximum atomic E-state index is 12.1. The summed E-state index contributed by atoms with van der Waals surface area (Å²) < 4.78 is 5.34. The van der Waals surface area contributed by atoms with Crippen molar-refractivity contribution in [1.82, 2.24) is 10.2 Å². The molecule has 0 aromatic rings. The number of carbonyl (C=O) groups excluding carboxylic acids is 2. The van der Waals surface area contributed by atoms with E-state index in [0.29, 0.717) is 6.42 Å². The molecule has 1 N–H and O–H groups in total. The number of rotatable bonds is 2. The van der Waals surface area contributed by atoms with Crippen LogP contribution in [0.5, 0.6) is 0 Å². The fraction of sp³-hybridized carbons (Fsp3) is 0.867. The summed E-state index contributed by atoms with van der Waals surface area (Å²) in [5.41, 5.74) is -0.501. The van der Waals surface area contributed by atoms with Crippen molar-refractivity contribution in [2.75, 3.05) is 6.54 Å². The summed E-state index contributed by atoms with van der Waals surface area (Å²) in [6.07, 6.45) is 4.20. The Morgan fingerprint density at radius 1 is 1.33 bits per heavy atom. The third kappa shape index (κ3) is 4.59. The van der Waals surface area contributed by atoms with Gasteiger partial charge in [-0.2, -0.15) is 0 Å². The molecule has 6 heteroatoms. The van der Waals surface area contributed by atoms with Crippen LogP contribution in [0.25, 0.3) is 0 Å². The number of alkyl halides is 1. The largest absolute Gasteiger partial charge is 0.444 e. The number of alkyl carbamates (subject to hydrolysis) is 1. The Kier molecular flexibility index (Phi) is 5.17. The van der Waals surface area contributed by atoms with Crippen LogP contribution in [0.4, 0.5) is 4.79 Å². The first kappa shape index (κ1) is 16.6. The summed E-state index contributed by atoms with van der Waals surface area (Å²) in [7, 11) is 0. The molecule has 0 bridgehead atoms. The number of likely N-dealkylation sites (tertiary alicyclic amines) is 1. The third-order valence-electron chi connectivity index (χ3n) is 3.94. The Bertz CT molecular complexity index is 408. The molecule has 5 nitrogen and oxygen atoms in total. The molecule has 21 heavy (non-hydrogen) atoms. The Labute approximate surface area is 134 Å². The molecule has 2 fully saturated rings. The summed E-state index contributed by atoms with van der Waals surface area (Å²) in [6.45, 7) is 6.29. The number of nitrogens with zero attached hydrogens (tertiary/aromatic N) is 1. The van der Waals surface area contributed by atoms with Gasteiger partial charge >= 0.3 is 6.09 Å². The van der Waals surface area contributed by atoms with Gasteiger partial charge in [0.1, 0.15) is 5.60 Å². The summed E-state index contributed by atoms with van der Waals surface area (Å²) in [5, 5.41) is 2.97.